The second-order valence-corrected chi connectivity index (χ2v) is 7.56. The number of carbonyl (C=O) groups excluding carboxylic acids is 1. The summed E-state index contributed by atoms with van der Waals surface area (Å²) in [5, 5.41) is 8.77. The molecule has 1 fully saturated rings. The average Bonchev–Trinajstić information content (AvgIpc) is 2.86. The summed E-state index contributed by atoms with van der Waals surface area (Å²) in [7, 11) is 3.08. The molecule has 3 N–H and O–H groups in total. The van der Waals surface area contributed by atoms with Crippen LogP contribution in [0.15, 0.2) is 48.7 Å². The third kappa shape index (κ3) is 5.52. The Balaban J connectivity index is 1.63. The van der Waals surface area contributed by atoms with E-state index in [4.69, 9.17) is 14.2 Å². The molecule has 0 aliphatic carbocycles. The lowest BCUT2D eigenvalue weighted by Gasteiger charge is -2.25. The summed E-state index contributed by atoms with van der Waals surface area (Å²) in [6.07, 6.45) is 3.04. The zero-order valence-corrected chi connectivity index (χ0v) is 18.9. The Kier molecular flexibility index (Phi) is 7.38. The van der Waals surface area contributed by atoms with Crippen molar-refractivity contribution in [3.8, 4) is 11.5 Å². The van der Waals surface area contributed by atoms with Crippen LogP contribution in [0, 0.1) is 5.82 Å². The van der Waals surface area contributed by atoms with Crippen LogP contribution in [-0.4, -0.2) is 49.4 Å². The van der Waals surface area contributed by atoms with Crippen LogP contribution in [0.5, 0.6) is 11.5 Å². The molecule has 10 heteroatoms. The molecule has 0 bridgehead atoms. The topological polar surface area (TPSA) is 107 Å². The molecule has 0 spiro atoms. The Bertz CT molecular complexity index is 1140. The van der Waals surface area contributed by atoms with Crippen LogP contribution in [-0.2, 0) is 4.74 Å². The molecule has 0 atom stereocenters. The summed E-state index contributed by atoms with van der Waals surface area (Å²) in [6.45, 7) is 1.32. The Morgan fingerprint density at radius 2 is 1.88 bits per heavy atom. The van der Waals surface area contributed by atoms with Crippen LogP contribution in [0.3, 0.4) is 0 Å². The van der Waals surface area contributed by atoms with Gasteiger partial charge in [-0.25, -0.2) is 9.37 Å². The first-order valence-electron chi connectivity index (χ1n) is 10.9. The zero-order chi connectivity index (χ0) is 23.9. The molecule has 4 rings (SSSR count). The number of nitrogens with zero attached hydrogens (tertiary/aromatic N) is 2. The molecular weight excluding hydrogens is 441 g/mol. The van der Waals surface area contributed by atoms with Gasteiger partial charge in [-0.05, 0) is 36.4 Å². The Hall–Kier alpha value is -3.92. The molecule has 0 unspecified atom stereocenters. The number of carbonyl (C=O) groups is 1. The SMILES string of the molecule is CNC(=O)c1cnc(Nc2ccc(F)cc2)nc1Nc1cccc(OC2CCOCC2)c1OC. The van der Waals surface area contributed by atoms with Crippen LogP contribution in [0.2, 0.25) is 0 Å². The number of hydrogen-bond donors (Lipinski definition) is 3. The zero-order valence-electron chi connectivity index (χ0n) is 18.9. The smallest absolute Gasteiger partial charge is 0.256 e. The Labute approximate surface area is 196 Å². The third-order valence-corrected chi connectivity index (χ3v) is 5.26. The molecule has 178 valence electrons. The number of benzene rings is 2. The largest absolute Gasteiger partial charge is 0.491 e. The van der Waals surface area contributed by atoms with E-state index < -0.39 is 0 Å². The van der Waals surface area contributed by atoms with Crippen molar-refractivity contribution in [2.45, 2.75) is 18.9 Å². The fraction of sp³-hybridized carbons (Fsp3) is 0.292. The van der Waals surface area contributed by atoms with E-state index in [0.717, 1.165) is 12.8 Å². The summed E-state index contributed by atoms with van der Waals surface area (Å²) in [4.78, 5) is 21.1. The highest BCUT2D eigenvalue weighted by molar-refractivity contribution is 5.99. The van der Waals surface area contributed by atoms with Crippen molar-refractivity contribution in [2.24, 2.45) is 0 Å². The number of anilines is 4. The standard InChI is InChI=1S/C24H26FN5O4/c1-26-23(31)18-14-27-24(28-16-8-6-15(25)7-9-16)30-22(18)29-19-4-3-5-20(21(19)32-2)34-17-10-12-33-13-11-17/h3-9,14,17H,10-13H2,1-2H3,(H,26,31)(H2,27,28,29,30). The highest BCUT2D eigenvalue weighted by atomic mass is 19.1. The van der Waals surface area contributed by atoms with E-state index in [9.17, 15) is 9.18 Å². The van der Waals surface area contributed by atoms with E-state index in [1.807, 2.05) is 12.1 Å². The van der Waals surface area contributed by atoms with Gasteiger partial charge in [-0.2, -0.15) is 4.98 Å². The number of rotatable bonds is 8. The normalized spacial score (nSPS) is 13.7. The lowest BCUT2D eigenvalue weighted by molar-refractivity contribution is 0.0246. The first-order valence-corrected chi connectivity index (χ1v) is 10.9. The second kappa shape index (κ2) is 10.8. The summed E-state index contributed by atoms with van der Waals surface area (Å²) < 4.78 is 30.4. The van der Waals surface area contributed by atoms with Crippen molar-refractivity contribution in [1.82, 2.24) is 15.3 Å². The fourth-order valence-corrected chi connectivity index (χ4v) is 3.52. The van der Waals surface area contributed by atoms with Gasteiger partial charge in [-0.15, -0.1) is 0 Å². The summed E-state index contributed by atoms with van der Waals surface area (Å²) in [6, 6.07) is 11.3. The predicted octanol–water partition coefficient (Wildman–Crippen LogP) is 4.03. The Morgan fingerprint density at radius 1 is 1.12 bits per heavy atom. The van der Waals surface area contributed by atoms with Crippen LogP contribution in [0.1, 0.15) is 23.2 Å². The first-order chi connectivity index (χ1) is 16.6. The van der Waals surface area contributed by atoms with Crippen molar-refractivity contribution >= 4 is 29.0 Å². The predicted molar refractivity (Wildman–Crippen MR) is 126 cm³/mol. The minimum atomic E-state index is -0.357. The number of para-hydroxylation sites is 1. The van der Waals surface area contributed by atoms with E-state index in [0.29, 0.717) is 36.1 Å². The average molecular weight is 468 g/mol. The Morgan fingerprint density at radius 3 is 2.59 bits per heavy atom. The molecular formula is C24H26FN5O4. The van der Waals surface area contributed by atoms with Gasteiger partial charge in [0.15, 0.2) is 11.5 Å². The molecule has 1 saturated heterocycles. The monoisotopic (exact) mass is 467 g/mol. The van der Waals surface area contributed by atoms with Gasteiger partial charge in [0, 0.05) is 31.8 Å². The minimum Gasteiger partial charge on any atom is -0.491 e. The lowest BCUT2D eigenvalue weighted by atomic mass is 10.1. The molecule has 1 aromatic heterocycles. The fourth-order valence-electron chi connectivity index (χ4n) is 3.52. The summed E-state index contributed by atoms with van der Waals surface area (Å²) in [5.74, 6) is 0.863. The quantitative estimate of drug-likeness (QED) is 0.456. The van der Waals surface area contributed by atoms with Gasteiger partial charge < -0.3 is 30.2 Å². The lowest BCUT2D eigenvalue weighted by Crippen LogP contribution is -2.26. The highest BCUT2D eigenvalue weighted by Crippen LogP contribution is 2.38. The first kappa shape index (κ1) is 23.2. The molecule has 2 heterocycles. The van der Waals surface area contributed by atoms with Crippen molar-refractivity contribution < 1.29 is 23.4 Å². The molecule has 1 aliphatic rings. The minimum absolute atomic E-state index is 0.0323. The molecule has 3 aromatic rings. The molecule has 2 aromatic carbocycles. The van der Waals surface area contributed by atoms with Crippen molar-refractivity contribution in [2.75, 3.05) is 38.0 Å². The number of hydrogen-bond acceptors (Lipinski definition) is 8. The van der Waals surface area contributed by atoms with Crippen LogP contribution in [0.4, 0.5) is 27.5 Å². The van der Waals surface area contributed by atoms with Gasteiger partial charge in [0.05, 0.1) is 26.0 Å². The maximum atomic E-state index is 13.2. The summed E-state index contributed by atoms with van der Waals surface area (Å²) >= 11 is 0. The number of nitrogens with one attached hydrogen (secondary N) is 3. The van der Waals surface area contributed by atoms with Gasteiger partial charge >= 0.3 is 0 Å². The van der Waals surface area contributed by atoms with Crippen molar-refractivity contribution in [3.63, 3.8) is 0 Å². The summed E-state index contributed by atoms with van der Waals surface area (Å²) in [5.41, 5.74) is 1.41. The molecule has 0 radical (unpaired) electrons. The van der Waals surface area contributed by atoms with Gasteiger partial charge in [-0.1, -0.05) is 6.07 Å². The van der Waals surface area contributed by atoms with Gasteiger partial charge in [0.25, 0.3) is 5.91 Å². The van der Waals surface area contributed by atoms with Crippen molar-refractivity contribution in [3.05, 3.63) is 60.0 Å². The van der Waals surface area contributed by atoms with Crippen LogP contribution in [0.25, 0.3) is 0 Å². The second-order valence-electron chi connectivity index (χ2n) is 7.56. The maximum absolute atomic E-state index is 13.2. The van der Waals surface area contributed by atoms with E-state index in [1.165, 1.54) is 25.4 Å². The van der Waals surface area contributed by atoms with Crippen LogP contribution < -0.4 is 25.4 Å². The molecule has 9 nitrogen and oxygen atoms in total. The third-order valence-electron chi connectivity index (χ3n) is 5.26. The van der Waals surface area contributed by atoms with Gasteiger partial charge in [0.1, 0.15) is 23.3 Å². The molecule has 0 saturated carbocycles. The molecule has 34 heavy (non-hydrogen) atoms. The molecule has 1 aliphatic heterocycles. The van der Waals surface area contributed by atoms with Crippen molar-refractivity contribution in [1.29, 1.82) is 0 Å². The number of methoxy groups -OCH3 is 1. The van der Waals surface area contributed by atoms with E-state index in [2.05, 4.69) is 25.9 Å². The number of ether oxygens (including phenoxy) is 3. The number of aromatic nitrogens is 2. The van der Waals surface area contributed by atoms with E-state index in [1.54, 1.807) is 25.3 Å². The van der Waals surface area contributed by atoms with E-state index >= 15 is 0 Å². The van der Waals surface area contributed by atoms with Crippen LogP contribution >= 0.6 is 0 Å². The highest BCUT2D eigenvalue weighted by Gasteiger charge is 2.21. The maximum Gasteiger partial charge on any atom is 0.256 e. The van der Waals surface area contributed by atoms with Gasteiger partial charge in [-0.3, -0.25) is 4.79 Å². The van der Waals surface area contributed by atoms with E-state index in [-0.39, 0.29) is 35.2 Å². The molecule has 1 amide bonds. The number of halogens is 1. The number of amides is 1. The van der Waals surface area contributed by atoms with Gasteiger partial charge in [0.2, 0.25) is 5.95 Å².